The normalized spacial score (nSPS) is 22.3. The zero-order chi connectivity index (χ0) is 16.8. The van der Waals surface area contributed by atoms with E-state index >= 15 is 0 Å². The van der Waals surface area contributed by atoms with Crippen molar-refractivity contribution in [2.75, 3.05) is 0 Å². The summed E-state index contributed by atoms with van der Waals surface area (Å²) in [6.07, 6.45) is 5.63. The van der Waals surface area contributed by atoms with Crippen molar-refractivity contribution in [1.29, 1.82) is 5.26 Å². The molecule has 2 aromatic carbocycles. The topological polar surface area (TPSA) is 40.9 Å². The second-order valence-corrected chi connectivity index (χ2v) is 6.37. The van der Waals surface area contributed by atoms with E-state index in [4.69, 9.17) is 5.26 Å². The number of benzene rings is 2. The van der Waals surface area contributed by atoms with Gasteiger partial charge < -0.3 is 0 Å². The van der Waals surface area contributed by atoms with Gasteiger partial charge in [-0.15, -0.1) is 0 Å². The molecule has 0 heterocycles. The monoisotopic (exact) mass is 315 g/mol. The molecule has 1 aliphatic carbocycles. The predicted octanol–water partition coefficient (Wildman–Crippen LogP) is 5.06. The summed E-state index contributed by atoms with van der Waals surface area (Å²) in [5, 5.41) is 9.07. The average Bonchev–Trinajstić information content (AvgIpc) is 2.64. The third kappa shape index (κ3) is 3.16. The van der Waals surface area contributed by atoms with E-state index in [-0.39, 0.29) is 5.78 Å². The van der Waals surface area contributed by atoms with Crippen molar-refractivity contribution in [2.45, 2.75) is 37.5 Å². The van der Waals surface area contributed by atoms with Gasteiger partial charge in [-0.1, -0.05) is 60.7 Å². The molecule has 120 valence electrons. The lowest BCUT2D eigenvalue weighted by atomic mass is 9.64. The molecule has 0 amide bonds. The van der Waals surface area contributed by atoms with Crippen LogP contribution in [-0.2, 0) is 10.2 Å². The molecule has 1 saturated carbocycles. The van der Waals surface area contributed by atoms with Gasteiger partial charge in [0.25, 0.3) is 0 Å². The zero-order valence-electron chi connectivity index (χ0n) is 13.7. The van der Waals surface area contributed by atoms with Gasteiger partial charge in [0.1, 0.15) is 0 Å². The Morgan fingerprint density at radius 2 is 1.71 bits per heavy atom. The molecule has 0 bridgehead atoms. The van der Waals surface area contributed by atoms with Crippen molar-refractivity contribution in [3.63, 3.8) is 0 Å². The third-order valence-corrected chi connectivity index (χ3v) is 4.91. The summed E-state index contributed by atoms with van der Waals surface area (Å²) in [6, 6.07) is 22.2. The van der Waals surface area contributed by atoms with Crippen LogP contribution in [0, 0.1) is 11.3 Å². The first-order valence-electron chi connectivity index (χ1n) is 8.49. The van der Waals surface area contributed by atoms with Crippen molar-refractivity contribution in [1.82, 2.24) is 0 Å². The number of nitrogens with zero attached hydrogens (tertiary/aromatic N) is 1. The summed E-state index contributed by atoms with van der Waals surface area (Å²) in [7, 11) is 0. The highest BCUT2D eigenvalue weighted by molar-refractivity contribution is 6.07. The molecule has 1 atom stereocenters. The molecule has 1 aliphatic rings. The minimum Gasteiger partial charge on any atom is -0.294 e. The Labute approximate surface area is 143 Å². The minimum absolute atomic E-state index is 0.194. The van der Waals surface area contributed by atoms with Crippen LogP contribution >= 0.6 is 0 Å². The SMILES string of the molecule is N#CCC[C@@]1(c2ccccc2)CCC/C(=C/c2ccccc2)C1=O. The first kappa shape index (κ1) is 16.2. The summed E-state index contributed by atoms with van der Waals surface area (Å²) in [6.45, 7) is 0. The molecule has 0 saturated heterocycles. The van der Waals surface area contributed by atoms with Gasteiger partial charge in [-0.3, -0.25) is 4.79 Å². The number of carbonyl (C=O) groups excluding carboxylic acids is 1. The minimum atomic E-state index is -0.546. The highest BCUT2D eigenvalue weighted by Gasteiger charge is 2.43. The molecule has 0 N–H and O–H groups in total. The van der Waals surface area contributed by atoms with Crippen molar-refractivity contribution < 1.29 is 4.79 Å². The second-order valence-electron chi connectivity index (χ2n) is 6.37. The van der Waals surface area contributed by atoms with Gasteiger partial charge in [-0.05, 0) is 48.5 Å². The molecule has 2 aromatic rings. The highest BCUT2D eigenvalue weighted by Crippen LogP contribution is 2.42. The molecule has 2 heteroatoms. The van der Waals surface area contributed by atoms with Crippen molar-refractivity contribution >= 4 is 11.9 Å². The Bertz CT molecular complexity index is 771. The summed E-state index contributed by atoms with van der Waals surface area (Å²) in [5.74, 6) is 0.194. The first-order chi connectivity index (χ1) is 11.8. The second kappa shape index (κ2) is 7.27. The van der Waals surface area contributed by atoms with Gasteiger partial charge in [0.15, 0.2) is 5.78 Å². The maximum atomic E-state index is 13.4. The summed E-state index contributed by atoms with van der Waals surface area (Å²) < 4.78 is 0. The molecular weight excluding hydrogens is 294 g/mol. The Morgan fingerprint density at radius 3 is 2.38 bits per heavy atom. The Morgan fingerprint density at radius 1 is 1.04 bits per heavy atom. The van der Waals surface area contributed by atoms with Crippen LogP contribution in [0.5, 0.6) is 0 Å². The van der Waals surface area contributed by atoms with E-state index < -0.39 is 5.41 Å². The highest BCUT2D eigenvalue weighted by atomic mass is 16.1. The van der Waals surface area contributed by atoms with Gasteiger partial charge in [0, 0.05) is 6.42 Å². The van der Waals surface area contributed by atoms with Crippen molar-refractivity contribution in [3.05, 3.63) is 77.4 Å². The number of nitriles is 1. The van der Waals surface area contributed by atoms with E-state index in [2.05, 4.69) is 6.07 Å². The van der Waals surface area contributed by atoms with Crippen LogP contribution in [0.2, 0.25) is 0 Å². The van der Waals surface area contributed by atoms with Crippen LogP contribution in [0.1, 0.15) is 43.2 Å². The molecule has 0 radical (unpaired) electrons. The molecule has 0 aliphatic heterocycles. The van der Waals surface area contributed by atoms with Gasteiger partial charge >= 0.3 is 0 Å². The standard InChI is InChI=1S/C22H21NO/c23-16-8-15-22(20-12-5-2-6-13-20)14-7-11-19(21(22)24)17-18-9-3-1-4-10-18/h1-6,9-10,12-13,17H,7-8,11,14-15H2/b19-17-/t22-/m1/s1. The van der Waals surface area contributed by atoms with Crippen LogP contribution in [0.15, 0.2) is 66.2 Å². The lowest BCUT2D eigenvalue weighted by Gasteiger charge is -2.37. The van der Waals surface area contributed by atoms with Crippen LogP contribution in [-0.4, -0.2) is 5.78 Å². The summed E-state index contributed by atoms with van der Waals surface area (Å²) >= 11 is 0. The number of hydrogen-bond donors (Lipinski definition) is 0. The predicted molar refractivity (Wildman–Crippen MR) is 96.2 cm³/mol. The summed E-state index contributed by atoms with van der Waals surface area (Å²) in [4.78, 5) is 13.4. The first-order valence-corrected chi connectivity index (χ1v) is 8.49. The van der Waals surface area contributed by atoms with E-state index in [0.717, 1.165) is 36.0 Å². The van der Waals surface area contributed by atoms with Crippen LogP contribution in [0.25, 0.3) is 6.08 Å². The van der Waals surface area contributed by atoms with E-state index in [9.17, 15) is 4.79 Å². The number of rotatable bonds is 4. The van der Waals surface area contributed by atoms with E-state index in [1.165, 1.54) is 0 Å². The molecular formula is C22H21NO. The average molecular weight is 315 g/mol. The van der Waals surface area contributed by atoms with E-state index in [1.54, 1.807) is 0 Å². The van der Waals surface area contributed by atoms with Crippen LogP contribution in [0.4, 0.5) is 0 Å². The Kier molecular flexibility index (Phi) is 4.91. The largest absolute Gasteiger partial charge is 0.294 e. The number of hydrogen-bond acceptors (Lipinski definition) is 2. The fourth-order valence-corrected chi connectivity index (χ4v) is 3.69. The van der Waals surface area contributed by atoms with Crippen molar-refractivity contribution in [2.24, 2.45) is 0 Å². The number of ketones is 1. The molecule has 1 fully saturated rings. The molecule has 24 heavy (non-hydrogen) atoms. The van der Waals surface area contributed by atoms with Crippen LogP contribution in [0.3, 0.4) is 0 Å². The van der Waals surface area contributed by atoms with Crippen LogP contribution < -0.4 is 0 Å². The maximum absolute atomic E-state index is 13.4. The maximum Gasteiger partial charge on any atom is 0.169 e. The molecule has 2 nitrogen and oxygen atoms in total. The Hall–Kier alpha value is -2.66. The molecule has 0 spiro atoms. The van der Waals surface area contributed by atoms with Gasteiger partial charge in [0.05, 0.1) is 11.5 Å². The fraction of sp³-hybridized carbons (Fsp3) is 0.273. The van der Waals surface area contributed by atoms with Gasteiger partial charge in [-0.25, -0.2) is 0 Å². The molecule has 3 rings (SSSR count). The smallest absolute Gasteiger partial charge is 0.169 e. The summed E-state index contributed by atoms with van der Waals surface area (Å²) in [5.41, 5.74) is 2.44. The van der Waals surface area contributed by atoms with E-state index in [1.807, 2.05) is 66.7 Å². The third-order valence-electron chi connectivity index (χ3n) is 4.91. The van der Waals surface area contributed by atoms with E-state index in [0.29, 0.717) is 12.8 Å². The van der Waals surface area contributed by atoms with Crippen molar-refractivity contribution in [3.8, 4) is 6.07 Å². The number of Topliss-reactive ketones (excluding diaryl/α,β-unsaturated/α-hetero) is 1. The number of allylic oxidation sites excluding steroid dienone is 1. The molecule has 0 aromatic heterocycles. The quantitative estimate of drug-likeness (QED) is 0.739. The zero-order valence-corrected chi connectivity index (χ0v) is 13.7. The lowest BCUT2D eigenvalue weighted by molar-refractivity contribution is -0.122. The molecule has 0 unspecified atom stereocenters. The lowest BCUT2D eigenvalue weighted by Crippen LogP contribution is -2.40. The fourth-order valence-electron chi connectivity index (χ4n) is 3.69. The number of carbonyl (C=O) groups is 1. The Balaban J connectivity index is 2.01. The van der Waals surface area contributed by atoms with Gasteiger partial charge in [0.2, 0.25) is 0 Å². The van der Waals surface area contributed by atoms with Gasteiger partial charge in [-0.2, -0.15) is 5.26 Å².